The number of aliphatic hydroxyl groups excluding tert-OH is 1. The summed E-state index contributed by atoms with van der Waals surface area (Å²) in [6.45, 7) is 3.97. The second-order valence-electron chi connectivity index (χ2n) is 3.91. The maximum Gasteiger partial charge on any atom is 0.280 e. The molecule has 0 bridgehead atoms. The van der Waals surface area contributed by atoms with Crippen LogP contribution in [0.2, 0.25) is 0 Å². The molecule has 1 heterocycles. The first-order chi connectivity index (χ1) is 6.96. The smallest absolute Gasteiger partial charge is 0.280 e. The summed E-state index contributed by atoms with van der Waals surface area (Å²) in [5.74, 6) is 0. The number of anilines is 1. The van der Waals surface area contributed by atoms with Crippen molar-refractivity contribution in [2.24, 2.45) is 0 Å². The van der Waals surface area contributed by atoms with Gasteiger partial charge in [0.1, 0.15) is 4.47 Å². The van der Waals surface area contributed by atoms with Crippen molar-refractivity contribution in [3.63, 3.8) is 0 Å². The molecule has 5 nitrogen and oxygen atoms in total. The number of aliphatic hydroxyl groups is 1. The zero-order valence-corrected chi connectivity index (χ0v) is 10.3. The number of nitrogens with zero attached hydrogens (tertiary/aromatic N) is 1. The molecule has 6 heteroatoms. The number of aromatic nitrogens is 2. The van der Waals surface area contributed by atoms with Gasteiger partial charge in [0.25, 0.3) is 5.56 Å². The van der Waals surface area contributed by atoms with Gasteiger partial charge in [0, 0.05) is 12.1 Å². The van der Waals surface area contributed by atoms with Gasteiger partial charge in [-0.15, -0.1) is 0 Å². The van der Waals surface area contributed by atoms with E-state index in [4.69, 9.17) is 5.11 Å². The summed E-state index contributed by atoms with van der Waals surface area (Å²) in [5, 5.41) is 18.0. The van der Waals surface area contributed by atoms with Crippen LogP contribution in [0.15, 0.2) is 15.5 Å². The van der Waals surface area contributed by atoms with E-state index in [1.165, 1.54) is 6.20 Å². The molecule has 0 amide bonds. The summed E-state index contributed by atoms with van der Waals surface area (Å²) >= 11 is 3.18. The molecular formula is C9H14BrN3O2. The third kappa shape index (κ3) is 3.32. The van der Waals surface area contributed by atoms with Crippen molar-refractivity contribution in [2.45, 2.75) is 25.8 Å². The van der Waals surface area contributed by atoms with Crippen molar-refractivity contribution in [1.29, 1.82) is 0 Å². The van der Waals surface area contributed by atoms with E-state index in [9.17, 15) is 4.79 Å². The van der Waals surface area contributed by atoms with Gasteiger partial charge in [-0.1, -0.05) is 0 Å². The molecule has 1 aromatic heterocycles. The van der Waals surface area contributed by atoms with Gasteiger partial charge in [0.05, 0.1) is 11.9 Å². The highest BCUT2D eigenvalue weighted by atomic mass is 79.9. The molecule has 0 aliphatic carbocycles. The van der Waals surface area contributed by atoms with E-state index in [0.29, 0.717) is 16.6 Å². The standard InChI is InChI=1S/C9H14BrN3O2/c1-9(2,3-4-14)12-6-5-11-13-8(15)7(6)10/h5,14H,3-4H2,1-2H3,(H2,12,13,15). The van der Waals surface area contributed by atoms with Crippen LogP contribution in [0.1, 0.15) is 20.3 Å². The van der Waals surface area contributed by atoms with Crippen LogP contribution in [-0.4, -0.2) is 27.4 Å². The first-order valence-electron chi connectivity index (χ1n) is 4.58. The molecule has 15 heavy (non-hydrogen) atoms. The van der Waals surface area contributed by atoms with Crippen molar-refractivity contribution in [3.8, 4) is 0 Å². The monoisotopic (exact) mass is 275 g/mol. The first kappa shape index (κ1) is 12.2. The molecule has 0 aliphatic rings. The minimum absolute atomic E-state index is 0.0915. The third-order valence-corrected chi connectivity index (χ3v) is 2.79. The van der Waals surface area contributed by atoms with Crippen molar-refractivity contribution in [2.75, 3.05) is 11.9 Å². The third-order valence-electron chi connectivity index (χ3n) is 2.01. The first-order valence-corrected chi connectivity index (χ1v) is 5.38. The average Bonchev–Trinajstić information content (AvgIpc) is 2.12. The molecule has 0 atom stereocenters. The molecule has 0 unspecified atom stereocenters. The van der Waals surface area contributed by atoms with E-state index in [1.807, 2.05) is 13.8 Å². The minimum Gasteiger partial charge on any atom is -0.396 e. The van der Waals surface area contributed by atoms with Crippen LogP contribution in [0.3, 0.4) is 0 Å². The maximum absolute atomic E-state index is 11.2. The van der Waals surface area contributed by atoms with Gasteiger partial charge in [0.15, 0.2) is 0 Å². The highest BCUT2D eigenvalue weighted by molar-refractivity contribution is 9.10. The predicted molar refractivity (Wildman–Crippen MR) is 62.0 cm³/mol. The molecule has 3 N–H and O–H groups in total. The predicted octanol–water partition coefficient (Wildman–Crippen LogP) is 1.11. The van der Waals surface area contributed by atoms with Crippen LogP contribution in [0, 0.1) is 0 Å². The number of H-pyrrole nitrogens is 1. The lowest BCUT2D eigenvalue weighted by atomic mass is 10.0. The Kier molecular flexibility index (Phi) is 3.87. The highest BCUT2D eigenvalue weighted by Gasteiger charge is 2.18. The summed E-state index contributed by atoms with van der Waals surface area (Å²) in [5.41, 5.74) is 0.0595. The zero-order chi connectivity index (χ0) is 11.5. The molecule has 0 fully saturated rings. The Morgan fingerprint density at radius 2 is 2.33 bits per heavy atom. The fourth-order valence-corrected chi connectivity index (χ4v) is 1.47. The van der Waals surface area contributed by atoms with E-state index >= 15 is 0 Å². The quantitative estimate of drug-likeness (QED) is 0.769. The second kappa shape index (κ2) is 4.76. The van der Waals surface area contributed by atoms with E-state index < -0.39 is 0 Å². The van der Waals surface area contributed by atoms with Crippen LogP contribution < -0.4 is 10.9 Å². The van der Waals surface area contributed by atoms with E-state index in [2.05, 4.69) is 31.4 Å². The Hall–Kier alpha value is -0.880. The molecule has 0 aliphatic heterocycles. The normalized spacial score (nSPS) is 11.5. The van der Waals surface area contributed by atoms with Crippen molar-refractivity contribution in [1.82, 2.24) is 10.2 Å². The lowest BCUT2D eigenvalue weighted by Gasteiger charge is -2.26. The average molecular weight is 276 g/mol. The van der Waals surface area contributed by atoms with Gasteiger partial charge in [-0.3, -0.25) is 4.79 Å². The van der Waals surface area contributed by atoms with Gasteiger partial charge in [0.2, 0.25) is 0 Å². The SMILES string of the molecule is CC(C)(CCO)Nc1cn[nH]c(=O)c1Br. The molecule has 84 valence electrons. The highest BCUT2D eigenvalue weighted by Crippen LogP contribution is 2.21. The van der Waals surface area contributed by atoms with Crippen molar-refractivity contribution < 1.29 is 5.11 Å². The van der Waals surface area contributed by atoms with Crippen molar-refractivity contribution in [3.05, 3.63) is 21.0 Å². The van der Waals surface area contributed by atoms with Crippen LogP contribution >= 0.6 is 15.9 Å². The second-order valence-corrected chi connectivity index (χ2v) is 4.70. The molecule has 0 radical (unpaired) electrons. The van der Waals surface area contributed by atoms with Gasteiger partial charge in [-0.2, -0.15) is 5.10 Å². The molecule has 0 saturated heterocycles. The molecular weight excluding hydrogens is 262 g/mol. The number of aromatic amines is 1. The van der Waals surface area contributed by atoms with Gasteiger partial charge < -0.3 is 10.4 Å². The fraction of sp³-hybridized carbons (Fsp3) is 0.556. The topological polar surface area (TPSA) is 78.0 Å². The number of halogens is 1. The summed E-state index contributed by atoms with van der Waals surface area (Å²) in [7, 11) is 0. The number of rotatable bonds is 4. The zero-order valence-electron chi connectivity index (χ0n) is 8.67. The summed E-state index contributed by atoms with van der Waals surface area (Å²) in [6.07, 6.45) is 2.12. The Bertz CT molecular complexity index is 389. The summed E-state index contributed by atoms with van der Waals surface area (Å²) in [4.78, 5) is 11.2. The van der Waals surface area contributed by atoms with E-state index in [1.54, 1.807) is 0 Å². The maximum atomic E-state index is 11.2. The molecule has 1 rings (SSSR count). The molecule has 1 aromatic rings. The Labute approximate surface area is 96.0 Å². The van der Waals surface area contributed by atoms with Gasteiger partial charge >= 0.3 is 0 Å². The Balaban J connectivity index is 2.90. The van der Waals surface area contributed by atoms with Gasteiger partial charge in [-0.25, -0.2) is 5.10 Å². The van der Waals surface area contributed by atoms with Crippen LogP contribution in [0.4, 0.5) is 5.69 Å². The lowest BCUT2D eigenvalue weighted by Crippen LogP contribution is -2.33. The van der Waals surface area contributed by atoms with E-state index in [-0.39, 0.29) is 17.7 Å². The Morgan fingerprint density at radius 3 is 2.93 bits per heavy atom. The summed E-state index contributed by atoms with van der Waals surface area (Å²) in [6, 6.07) is 0. The largest absolute Gasteiger partial charge is 0.396 e. The fourth-order valence-electron chi connectivity index (χ4n) is 1.18. The van der Waals surface area contributed by atoms with Gasteiger partial charge in [-0.05, 0) is 36.2 Å². The van der Waals surface area contributed by atoms with E-state index in [0.717, 1.165) is 0 Å². The lowest BCUT2D eigenvalue weighted by molar-refractivity contribution is 0.261. The number of hydrogen-bond acceptors (Lipinski definition) is 4. The van der Waals surface area contributed by atoms with Crippen LogP contribution in [0.5, 0.6) is 0 Å². The summed E-state index contributed by atoms with van der Waals surface area (Å²) < 4.78 is 0.420. The molecule has 0 saturated carbocycles. The molecule has 0 spiro atoms. The minimum atomic E-state index is -0.285. The van der Waals surface area contributed by atoms with Crippen LogP contribution in [-0.2, 0) is 0 Å². The number of hydrogen-bond donors (Lipinski definition) is 3. The Morgan fingerprint density at radius 1 is 1.67 bits per heavy atom. The van der Waals surface area contributed by atoms with Crippen LogP contribution in [0.25, 0.3) is 0 Å². The van der Waals surface area contributed by atoms with Crippen molar-refractivity contribution >= 4 is 21.6 Å². The molecule has 0 aromatic carbocycles. The number of nitrogens with one attached hydrogen (secondary N) is 2.